The third-order valence-corrected chi connectivity index (χ3v) is 5.30. The first-order valence-electron chi connectivity index (χ1n) is 8.92. The Morgan fingerprint density at radius 2 is 1.77 bits per heavy atom. The Morgan fingerprint density at radius 1 is 1.08 bits per heavy atom. The predicted molar refractivity (Wildman–Crippen MR) is 94.5 cm³/mol. The third-order valence-electron chi connectivity index (χ3n) is 5.30. The van der Waals surface area contributed by atoms with E-state index in [9.17, 15) is 9.59 Å². The van der Waals surface area contributed by atoms with Gasteiger partial charge in [0.1, 0.15) is 0 Å². The molecule has 2 aliphatic heterocycles. The Balaban J connectivity index is 1.31. The van der Waals surface area contributed by atoms with Crippen molar-refractivity contribution in [3.63, 3.8) is 0 Å². The summed E-state index contributed by atoms with van der Waals surface area (Å²) < 4.78 is 0. The molecule has 2 aliphatic rings. The van der Waals surface area contributed by atoms with Gasteiger partial charge in [-0.25, -0.2) is 0 Å². The summed E-state index contributed by atoms with van der Waals surface area (Å²) in [7, 11) is 0. The average Bonchev–Trinajstić information content (AvgIpc) is 3.12. The molecule has 0 radical (unpaired) electrons. The molecule has 2 fully saturated rings. The predicted octanol–water partition coefficient (Wildman–Crippen LogP) is 0.289. The number of likely N-dealkylation sites (tertiary alicyclic amines) is 2. The lowest BCUT2D eigenvalue weighted by Gasteiger charge is -2.47. The van der Waals surface area contributed by atoms with Crippen molar-refractivity contribution in [3.05, 3.63) is 42.2 Å². The van der Waals surface area contributed by atoms with Gasteiger partial charge in [0.2, 0.25) is 5.91 Å². The van der Waals surface area contributed by atoms with Crippen LogP contribution in [-0.2, 0) is 4.79 Å². The van der Waals surface area contributed by atoms with E-state index >= 15 is 0 Å². The van der Waals surface area contributed by atoms with Crippen LogP contribution in [0.5, 0.6) is 0 Å². The van der Waals surface area contributed by atoms with Gasteiger partial charge >= 0.3 is 0 Å². The maximum Gasteiger partial charge on any atom is 0.276 e. The molecule has 1 aromatic carbocycles. The number of para-hydroxylation sites is 1. The largest absolute Gasteiger partial charge is 0.369 e. The minimum Gasteiger partial charge on any atom is -0.369 e. The van der Waals surface area contributed by atoms with Crippen molar-refractivity contribution >= 4 is 11.8 Å². The highest BCUT2D eigenvalue weighted by atomic mass is 16.2. The number of aromatic nitrogens is 3. The standard InChI is InChI=1S/C18H22N6O2/c19-17(25)13-6-8-22(9-7-13)15-11-23(12-15)18(26)16-10-20-24(21-16)14-4-2-1-3-5-14/h1-5,10,13,15H,6-9,11-12H2,(H2,19,25). The first kappa shape index (κ1) is 16.7. The van der Waals surface area contributed by atoms with Crippen LogP contribution in [0, 0.1) is 5.92 Å². The maximum absolute atomic E-state index is 12.6. The summed E-state index contributed by atoms with van der Waals surface area (Å²) in [5.41, 5.74) is 6.57. The van der Waals surface area contributed by atoms with Crippen LogP contribution in [0.1, 0.15) is 23.3 Å². The van der Waals surface area contributed by atoms with Crippen LogP contribution in [0.3, 0.4) is 0 Å². The summed E-state index contributed by atoms with van der Waals surface area (Å²) in [6.45, 7) is 3.12. The fourth-order valence-electron chi connectivity index (χ4n) is 3.61. The number of hydrogen-bond donors (Lipinski definition) is 1. The van der Waals surface area contributed by atoms with Gasteiger partial charge in [0, 0.05) is 25.0 Å². The summed E-state index contributed by atoms with van der Waals surface area (Å²) in [6, 6.07) is 9.87. The Kier molecular flexibility index (Phi) is 4.42. The fraction of sp³-hybridized carbons (Fsp3) is 0.444. The number of carbonyl (C=O) groups excluding carboxylic acids is 2. The highest BCUT2D eigenvalue weighted by molar-refractivity contribution is 5.92. The number of rotatable bonds is 4. The van der Waals surface area contributed by atoms with Crippen molar-refractivity contribution < 1.29 is 9.59 Å². The third kappa shape index (κ3) is 3.20. The number of carbonyl (C=O) groups is 2. The summed E-state index contributed by atoms with van der Waals surface area (Å²) >= 11 is 0. The van der Waals surface area contributed by atoms with Gasteiger partial charge in [0.25, 0.3) is 5.91 Å². The molecule has 2 N–H and O–H groups in total. The number of hydrogen-bond acceptors (Lipinski definition) is 5. The Morgan fingerprint density at radius 3 is 2.42 bits per heavy atom. The lowest BCUT2D eigenvalue weighted by molar-refractivity contribution is -0.123. The molecule has 1 aromatic heterocycles. The first-order valence-corrected chi connectivity index (χ1v) is 8.92. The second kappa shape index (κ2) is 6.87. The van der Waals surface area contributed by atoms with Gasteiger partial charge in [0.05, 0.1) is 11.9 Å². The molecule has 8 heteroatoms. The smallest absolute Gasteiger partial charge is 0.276 e. The van der Waals surface area contributed by atoms with E-state index in [-0.39, 0.29) is 17.7 Å². The van der Waals surface area contributed by atoms with Crippen LogP contribution in [0.15, 0.2) is 36.5 Å². The second-order valence-corrected chi connectivity index (χ2v) is 6.93. The van der Waals surface area contributed by atoms with E-state index in [1.807, 2.05) is 30.3 Å². The summed E-state index contributed by atoms with van der Waals surface area (Å²) in [4.78, 5) is 29.4. The quantitative estimate of drug-likeness (QED) is 0.851. The minimum atomic E-state index is -0.198. The molecule has 2 amide bonds. The fourth-order valence-corrected chi connectivity index (χ4v) is 3.61. The van der Waals surface area contributed by atoms with E-state index < -0.39 is 0 Å². The van der Waals surface area contributed by atoms with Crippen LogP contribution >= 0.6 is 0 Å². The van der Waals surface area contributed by atoms with Gasteiger partial charge in [-0.15, -0.1) is 5.10 Å². The van der Waals surface area contributed by atoms with E-state index in [1.54, 1.807) is 4.90 Å². The van der Waals surface area contributed by atoms with Crippen LogP contribution in [0.2, 0.25) is 0 Å². The van der Waals surface area contributed by atoms with Gasteiger partial charge in [-0.05, 0) is 38.1 Å². The van der Waals surface area contributed by atoms with Crippen molar-refractivity contribution in [1.29, 1.82) is 0 Å². The van der Waals surface area contributed by atoms with Gasteiger partial charge in [0.15, 0.2) is 5.69 Å². The molecular weight excluding hydrogens is 332 g/mol. The van der Waals surface area contributed by atoms with Crippen LogP contribution in [0.4, 0.5) is 0 Å². The molecule has 0 atom stereocenters. The maximum atomic E-state index is 12.6. The lowest BCUT2D eigenvalue weighted by Crippen LogP contribution is -2.62. The molecule has 136 valence electrons. The van der Waals surface area contributed by atoms with Gasteiger partial charge in [-0.1, -0.05) is 18.2 Å². The molecule has 8 nitrogen and oxygen atoms in total. The molecule has 0 aliphatic carbocycles. The molecule has 0 saturated carbocycles. The molecule has 2 aromatic rings. The van der Waals surface area contributed by atoms with E-state index in [4.69, 9.17) is 5.73 Å². The molecule has 26 heavy (non-hydrogen) atoms. The highest BCUT2D eigenvalue weighted by Crippen LogP contribution is 2.24. The highest BCUT2D eigenvalue weighted by Gasteiger charge is 2.38. The summed E-state index contributed by atoms with van der Waals surface area (Å²) in [5, 5.41) is 8.49. The van der Waals surface area contributed by atoms with Gasteiger partial charge in [-0.2, -0.15) is 9.90 Å². The van der Waals surface area contributed by atoms with Crippen molar-refractivity contribution in [3.8, 4) is 5.69 Å². The summed E-state index contributed by atoms with van der Waals surface area (Å²) in [6.07, 6.45) is 3.14. The Hall–Kier alpha value is -2.74. The zero-order valence-corrected chi connectivity index (χ0v) is 14.5. The summed E-state index contributed by atoms with van der Waals surface area (Å²) in [5.74, 6) is -0.288. The topological polar surface area (TPSA) is 97.4 Å². The molecule has 3 heterocycles. The molecule has 4 rings (SSSR count). The minimum absolute atomic E-state index is 0.00270. The van der Waals surface area contributed by atoms with Gasteiger partial charge in [-0.3, -0.25) is 14.5 Å². The number of benzene rings is 1. The second-order valence-electron chi connectivity index (χ2n) is 6.93. The molecule has 0 spiro atoms. The molecule has 0 bridgehead atoms. The van der Waals surface area contributed by atoms with Crippen LogP contribution < -0.4 is 5.73 Å². The molecular formula is C18H22N6O2. The SMILES string of the molecule is NC(=O)C1CCN(C2CN(C(=O)c3cnn(-c4ccccc4)n3)C2)CC1. The normalized spacial score (nSPS) is 19.3. The molecule has 0 unspecified atom stereocenters. The lowest BCUT2D eigenvalue weighted by atomic mass is 9.93. The zero-order valence-electron chi connectivity index (χ0n) is 14.5. The zero-order chi connectivity index (χ0) is 18.1. The van der Waals surface area contributed by atoms with Crippen molar-refractivity contribution in [1.82, 2.24) is 24.8 Å². The average molecular weight is 354 g/mol. The number of piperidine rings is 1. The van der Waals surface area contributed by atoms with Crippen molar-refractivity contribution in [2.45, 2.75) is 18.9 Å². The monoisotopic (exact) mass is 354 g/mol. The number of primary amides is 1. The Labute approximate surface area is 151 Å². The van der Waals surface area contributed by atoms with Crippen molar-refractivity contribution in [2.75, 3.05) is 26.2 Å². The van der Waals surface area contributed by atoms with Crippen LogP contribution in [0.25, 0.3) is 5.69 Å². The van der Waals surface area contributed by atoms with E-state index in [1.165, 1.54) is 11.0 Å². The first-order chi connectivity index (χ1) is 12.6. The molecule has 2 saturated heterocycles. The van der Waals surface area contributed by atoms with E-state index in [0.29, 0.717) is 24.8 Å². The Bertz CT molecular complexity index is 791. The van der Waals surface area contributed by atoms with Crippen LogP contribution in [-0.4, -0.2) is 68.8 Å². The number of amides is 2. The van der Waals surface area contributed by atoms with Crippen molar-refractivity contribution in [2.24, 2.45) is 11.7 Å². The number of nitrogens with zero attached hydrogens (tertiary/aromatic N) is 5. The van der Waals surface area contributed by atoms with E-state index in [0.717, 1.165) is 31.6 Å². The van der Waals surface area contributed by atoms with E-state index in [2.05, 4.69) is 15.1 Å². The number of nitrogens with two attached hydrogens (primary N) is 1. The van der Waals surface area contributed by atoms with Gasteiger partial charge < -0.3 is 10.6 Å².